The van der Waals surface area contributed by atoms with E-state index >= 15 is 0 Å². The molecule has 1 fully saturated rings. The van der Waals surface area contributed by atoms with Crippen LogP contribution in [-0.2, 0) is 6.54 Å². The van der Waals surface area contributed by atoms with E-state index in [0.717, 1.165) is 22.7 Å². The fourth-order valence-electron chi connectivity index (χ4n) is 2.38. The summed E-state index contributed by atoms with van der Waals surface area (Å²) in [6, 6.07) is 2.62. The number of nitrogens with one attached hydrogen (secondary N) is 1. The molecule has 1 aliphatic carbocycles. The third-order valence-corrected chi connectivity index (χ3v) is 4.21. The van der Waals surface area contributed by atoms with Crippen molar-refractivity contribution < 1.29 is 4.42 Å². The lowest BCUT2D eigenvalue weighted by molar-refractivity contribution is 0.410. The summed E-state index contributed by atoms with van der Waals surface area (Å²) in [6.45, 7) is 3.21. The zero-order valence-electron chi connectivity index (χ0n) is 9.84. The predicted molar refractivity (Wildman–Crippen MR) is 69.3 cm³/mol. The van der Waals surface area contributed by atoms with E-state index in [9.17, 15) is 0 Å². The number of rotatable bonds is 3. The lowest BCUT2D eigenvalue weighted by Crippen LogP contribution is -2.27. The van der Waals surface area contributed by atoms with Gasteiger partial charge in [0, 0.05) is 6.04 Å². The van der Waals surface area contributed by atoms with Crippen LogP contribution < -0.4 is 5.32 Å². The largest absolute Gasteiger partial charge is 0.467 e. The van der Waals surface area contributed by atoms with Crippen molar-refractivity contribution in [1.29, 1.82) is 0 Å². The maximum atomic E-state index is 5.40. The Morgan fingerprint density at radius 1 is 1.38 bits per heavy atom. The molecule has 1 aromatic rings. The topological polar surface area (TPSA) is 25.2 Å². The number of hydrogen-bond donors (Lipinski definition) is 1. The van der Waals surface area contributed by atoms with Gasteiger partial charge in [-0.05, 0) is 47.2 Å². The van der Waals surface area contributed by atoms with Gasteiger partial charge in [-0.25, -0.2) is 0 Å². The minimum atomic E-state index is 0.668. The molecule has 1 N–H and O–H groups in total. The maximum Gasteiger partial charge on any atom is 0.131 e. The monoisotopic (exact) mass is 285 g/mol. The van der Waals surface area contributed by atoms with Crippen LogP contribution in [0.2, 0.25) is 0 Å². The van der Waals surface area contributed by atoms with Crippen LogP contribution in [0.3, 0.4) is 0 Å². The molecule has 90 valence electrons. The van der Waals surface area contributed by atoms with Crippen LogP contribution in [0.25, 0.3) is 0 Å². The standard InChI is InChI=1S/C13H20BrNO/c1-10-3-2-4-11(6-5-10)15-9-13-12(14)7-8-16-13/h7-8,10-11,15H,2-6,9H2,1H3. The number of halogens is 1. The summed E-state index contributed by atoms with van der Waals surface area (Å²) in [5.74, 6) is 1.92. The molecule has 0 aromatic carbocycles. The Balaban J connectivity index is 1.79. The molecule has 3 heteroatoms. The van der Waals surface area contributed by atoms with Crippen LogP contribution >= 0.6 is 15.9 Å². The van der Waals surface area contributed by atoms with Crippen molar-refractivity contribution in [1.82, 2.24) is 5.32 Å². The molecular formula is C13H20BrNO. The molecule has 1 saturated carbocycles. The third-order valence-electron chi connectivity index (χ3n) is 3.50. The van der Waals surface area contributed by atoms with Crippen LogP contribution in [-0.4, -0.2) is 6.04 Å². The quantitative estimate of drug-likeness (QED) is 0.846. The molecule has 1 aromatic heterocycles. The van der Waals surface area contributed by atoms with Crippen molar-refractivity contribution in [3.8, 4) is 0 Å². The van der Waals surface area contributed by atoms with E-state index in [2.05, 4.69) is 28.2 Å². The van der Waals surface area contributed by atoms with Gasteiger partial charge in [0.1, 0.15) is 5.76 Å². The second kappa shape index (κ2) is 5.87. The van der Waals surface area contributed by atoms with Gasteiger partial charge >= 0.3 is 0 Å². The normalized spacial score (nSPS) is 26.6. The summed E-state index contributed by atoms with van der Waals surface area (Å²) in [6.07, 6.45) is 8.45. The van der Waals surface area contributed by atoms with E-state index in [4.69, 9.17) is 4.42 Å². The molecule has 1 heterocycles. The van der Waals surface area contributed by atoms with Gasteiger partial charge in [0.2, 0.25) is 0 Å². The van der Waals surface area contributed by atoms with Crippen molar-refractivity contribution in [3.05, 3.63) is 22.6 Å². The van der Waals surface area contributed by atoms with E-state index in [0.29, 0.717) is 6.04 Å². The smallest absolute Gasteiger partial charge is 0.131 e. The van der Waals surface area contributed by atoms with Crippen LogP contribution in [0, 0.1) is 5.92 Å². The van der Waals surface area contributed by atoms with Crippen LogP contribution in [0.4, 0.5) is 0 Å². The molecule has 2 nitrogen and oxygen atoms in total. The van der Waals surface area contributed by atoms with Crippen molar-refractivity contribution in [2.24, 2.45) is 5.92 Å². The van der Waals surface area contributed by atoms with E-state index in [1.165, 1.54) is 32.1 Å². The van der Waals surface area contributed by atoms with Gasteiger partial charge in [0.25, 0.3) is 0 Å². The summed E-state index contributed by atoms with van der Waals surface area (Å²) in [7, 11) is 0. The van der Waals surface area contributed by atoms with Gasteiger partial charge in [-0.3, -0.25) is 0 Å². The van der Waals surface area contributed by atoms with Crippen molar-refractivity contribution in [2.45, 2.75) is 51.6 Å². The first-order valence-corrected chi connectivity index (χ1v) is 7.00. The zero-order valence-corrected chi connectivity index (χ0v) is 11.4. The fraction of sp³-hybridized carbons (Fsp3) is 0.692. The van der Waals surface area contributed by atoms with Crippen molar-refractivity contribution in [3.63, 3.8) is 0 Å². The Morgan fingerprint density at radius 3 is 3.00 bits per heavy atom. The van der Waals surface area contributed by atoms with Gasteiger partial charge < -0.3 is 9.73 Å². The molecule has 2 unspecified atom stereocenters. The van der Waals surface area contributed by atoms with Crippen LogP contribution in [0.5, 0.6) is 0 Å². The van der Waals surface area contributed by atoms with Gasteiger partial charge in [-0.15, -0.1) is 0 Å². The zero-order chi connectivity index (χ0) is 11.4. The predicted octanol–water partition coefficient (Wildman–Crippen LogP) is 4.10. The molecule has 0 bridgehead atoms. The summed E-state index contributed by atoms with van der Waals surface area (Å²) >= 11 is 3.48. The fourth-order valence-corrected chi connectivity index (χ4v) is 2.72. The molecule has 2 rings (SSSR count). The summed E-state index contributed by atoms with van der Waals surface area (Å²) in [4.78, 5) is 0. The highest BCUT2D eigenvalue weighted by molar-refractivity contribution is 9.10. The SMILES string of the molecule is CC1CCCC(NCc2occc2Br)CC1. The number of hydrogen-bond acceptors (Lipinski definition) is 2. The lowest BCUT2D eigenvalue weighted by Gasteiger charge is -2.15. The number of furan rings is 1. The highest BCUT2D eigenvalue weighted by Gasteiger charge is 2.16. The Bertz CT molecular complexity index is 323. The molecule has 1 aliphatic rings. The van der Waals surface area contributed by atoms with Gasteiger partial charge in [-0.1, -0.05) is 19.8 Å². The van der Waals surface area contributed by atoms with E-state index in [-0.39, 0.29) is 0 Å². The Hall–Kier alpha value is -0.280. The second-order valence-corrected chi connectivity index (χ2v) is 5.74. The highest BCUT2D eigenvalue weighted by atomic mass is 79.9. The molecule has 0 saturated heterocycles. The van der Waals surface area contributed by atoms with E-state index < -0.39 is 0 Å². The van der Waals surface area contributed by atoms with Gasteiger partial charge in [0.15, 0.2) is 0 Å². The average Bonchev–Trinajstić information content (AvgIpc) is 2.55. The molecule has 0 radical (unpaired) electrons. The minimum Gasteiger partial charge on any atom is -0.467 e. The highest BCUT2D eigenvalue weighted by Crippen LogP contribution is 2.23. The maximum absolute atomic E-state index is 5.40. The van der Waals surface area contributed by atoms with Gasteiger partial charge in [-0.2, -0.15) is 0 Å². The minimum absolute atomic E-state index is 0.668. The second-order valence-electron chi connectivity index (χ2n) is 4.88. The molecule has 16 heavy (non-hydrogen) atoms. The lowest BCUT2D eigenvalue weighted by atomic mass is 10.0. The van der Waals surface area contributed by atoms with Crippen molar-refractivity contribution >= 4 is 15.9 Å². The van der Waals surface area contributed by atoms with E-state index in [1.54, 1.807) is 6.26 Å². The summed E-state index contributed by atoms with van der Waals surface area (Å²) in [5, 5.41) is 3.60. The first-order valence-electron chi connectivity index (χ1n) is 6.21. The Morgan fingerprint density at radius 2 is 2.25 bits per heavy atom. The summed E-state index contributed by atoms with van der Waals surface area (Å²) in [5.41, 5.74) is 0. The molecule has 0 aliphatic heterocycles. The van der Waals surface area contributed by atoms with Gasteiger partial charge in [0.05, 0.1) is 17.3 Å². The molecular weight excluding hydrogens is 266 g/mol. The molecule has 2 atom stereocenters. The average molecular weight is 286 g/mol. The van der Waals surface area contributed by atoms with Crippen LogP contribution in [0.15, 0.2) is 21.2 Å². The molecule has 0 spiro atoms. The Labute approximate surface area is 106 Å². The summed E-state index contributed by atoms with van der Waals surface area (Å²) < 4.78 is 6.47. The first kappa shape index (κ1) is 12.2. The molecule has 0 amide bonds. The van der Waals surface area contributed by atoms with E-state index in [1.807, 2.05) is 6.07 Å². The van der Waals surface area contributed by atoms with Crippen LogP contribution in [0.1, 0.15) is 44.8 Å². The third kappa shape index (κ3) is 3.36. The first-order chi connectivity index (χ1) is 7.75. The van der Waals surface area contributed by atoms with Crippen molar-refractivity contribution in [2.75, 3.05) is 0 Å². The Kier molecular flexibility index (Phi) is 4.47.